The molecule has 11 rings (SSSR count). The Kier molecular flexibility index (Phi) is 6.61. The number of nitrogens with zero attached hydrogens (tertiary/aromatic N) is 5. The molecule has 0 radical (unpaired) electrons. The maximum atomic E-state index is 7.94. The molecule has 8 aromatic carbocycles. The summed E-state index contributed by atoms with van der Waals surface area (Å²) in [5, 5.41) is 7.05. The van der Waals surface area contributed by atoms with Crippen molar-refractivity contribution in [3.05, 3.63) is 199 Å². The van der Waals surface area contributed by atoms with E-state index in [1.807, 2.05) is 36.4 Å². The number of hydrogen-bond acceptors (Lipinski definition) is 0. The summed E-state index contributed by atoms with van der Waals surface area (Å²) >= 11 is 0. The normalized spacial score (nSPS) is 11.6. The van der Waals surface area contributed by atoms with Crippen LogP contribution < -0.4 is 0 Å². The van der Waals surface area contributed by atoms with Crippen molar-refractivity contribution in [1.29, 1.82) is 0 Å². The van der Waals surface area contributed by atoms with Gasteiger partial charge in [0, 0.05) is 49.2 Å². The Labute approximate surface area is 316 Å². The van der Waals surface area contributed by atoms with E-state index in [4.69, 9.17) is 13.1 Å². The zero-order valence-corrected chi connectivity index (χ0v) is 29.5. The number of benzene rings is 8. The average Bonchev–Trinajstić information content (AvgIpc) is 3.88. The van der Waals surface area contributed by atoms with Crippen LogP contribution in [0.5, 0.6) is 0 Å². The fourth-order valence-corrected chi connectivity index (χ4v) is 8.70. The van der Waals surface area contributed by atoms with Gasteiger partial charge in [-0.25, -0.2) is 9.69 Å². The van der Waals surface area contributed by atoms with Crippen molar-refractivity contribution >= 4 is 76.8 Å². The molecule has 0 aliphatic rings. The Morgan fingerprint density at radius 2 is 0.818 bits per heavy atom. The first-order valence-corrected chi connectivity index (χ1v) is 18.3. The van der Waals surface area contributed by atoms with Crippen molar-refractivity contribution < 1.29 is 0 Å². The van der Waals surface area contributed by atoms with Crippen LogP contribution in [0, 0.1) is 13.1 Å². The molecule has 11 aromatic rings. The van der Waals surface area contributed by atoms with Gasteiger partial charge in [-0.15, -0.1) is 0 Å². The Balaban J connectivity index is 1.13. The van der Waals surface area contributed by atoms with Crippen molar-refractivity contribution in [2.75, 3.05) is 0 Å². The van der Waals surface area contributed by atoms with Crippen LogP contribution in [-0.4, -0.2) is 13.7 Å². The third kappa shape index (κ3) is 4.51. The van der Waals surface area contributed by atoms with E-state index in [0.717, 1.165) is 61.0 Å². The Morgan fingerprint density at radius 1 is 0.327 bits per heavy atom. The summed E-state index contributed by atoms with van der Waals surface area (Å²) in [6.45, 7) is 15.7. The molecule has 5 heteroatoms. The van der Waals surface area contributed by atoms with Gasteiger partial charge in [0.15, 0.2) is 11.4 Å². The van der Waals surface area contributed by atoms with Crippen LogP contribution in [0.15, 0.2) is 176 Å². The minimum atomic E-state index is 0.571. The molecule has 0 aliphatic heterocycles. The topological polar surface area (TPSA) is 23.5 Å². The second kappa shape index (κ2) is 11.8. The Hall–Kier alpha value is -7.86. The van der Waals surface area contributed by atoms with Gasteiger partial charge >= 0.3 is 0 Å². The third-order valence-electron chi connectivity index (χ3n) is 11.0. The second-order valence-electron chi connectivity index (χ2n) is 14.0. The van der Waals surface area contributed by atoms with Crippen LogP contribution in [0.25, 0.3) is 103 Å². The molecule has 0 unspecified atom stereocenters. The lowest BCUT2D eigenvalue weighted by Crippen LogP contribution is -1.99. The summed E-state index contributed by atoms with van der Waals surface area (Å²) in [5.74, 6) is 0. The van der Waals surface area contributed by atoms with Crippen LogP contribution >= 0.6 is 0 Å². The van der Waals surface area contributed by atoms with Crippen LogP contribution in [0.3, 0.4) is 0 Å². The first kappa shape index (κ1) is 30.7. The second-order valence-corrected chi connectivity index (χ2v) is 14.0. The van der Waals surface area contributed by atoms with Crippen LogP contribution in [0.2, 0.25) is 0 Å². The van der Waals surface area contributed by atoms with E-state index in [-0.39, 0.29) is 0 Å². The van der Waals surface area contributed by atoms with Gasteiger partial charge in [0.25, 0.3) is 0 Å². The largest absolute Gasteiger partial charge is 0.310 e. The van der Waals surface area contributed by atoms with E-state index in [1.165, 1.54) is 32.6 Å². The molecule has 3 aromatic heterocycles. The standard InChI is InChI=1S/C50H29N5/c1-51-33-23-26-48(55-47-21-10-5-16-39(47)41-25-22-34(52-2)30-50(41)55)42(29-33)32-12-11-13-35(28-32)53-46-20-9-6-17-40(46)43-31-36(24-27-49(43)53)54-44-18-7-3-14-37(44)38-15-4-8-19-45(38)54/h3-31H. The first-order chi connectivity index (χ1) is 27.2. The van der Waals surface area contributed by atoms with E-state index in [9.17, 15) is 0 Å². The highest BCUT2D eigenvalue weighted by molar-refractivity contribution is 6.13. The number of para-hydroxylation sites is 4. The summed E-state index contributed by atoms with van der Waals surface area (Å²) in [4.78, 5) is 7.61. The molecule has 0 saturated carbocycles. The zero-order valence-electron chi connectivity index (χ0n) is 29.5. The smallest absolute Gasteiger partial charge is 0.189 e. The van der Waals surface area contributed by atoms with Gasteiger partial charge in [-0.2, -0.15) is 0 Å². The lowest BCUT2D eigenvalue weighted by molar-refractivity contribution is 1.16. The van der Waals surface area contributed by atoms with Gasteiger partial charge in [0.2, 0.25) is 0 Å². The molecule has 5 nitrogen and oxygen atoms in total. The van der Waals surface area contributed by atoms with Crippen molar-refractivity contribution in [2.45, 2.75) is 0 Å². The van der Waals surface area contributed by atoms with E-state index >= 15 is 0 Å². The molecule has 0 amide bonds. The monoisotopic (exact) mass is 699 g/mol. The quantitative estimate of drug-likeness (QED) is 0.163. The highest BCUT2D eigenvalue weighted by Crippen LogP contribution is 2.41. The van der Waals surface area contributed by atoms with Gasteiger partial charge < -0.3 is 13.7 Å². The summed E-state index contributed by atoms with van der Waals surface area (Å²) in [6, 6.07) is 61.5. The van der Waals surface area contributed by atoms with Gasteiger partial charge in [-0.1, -0.05) is 103 Å². The fourth-order valence-electron chi connectivity index (χ4n) is 8.70. The third-order valence-corrected chi connectivity index (χ3v) is 11.0. The predicted molar refractivity (Wildman–Crippen MR) is 227 cm³/mol. The SMILES string of the molecule is [C-]#[N+]c1ccc(-n2c3ccccc3c3ccc([N+]#[C-])cc32)c(-c2cccc(-n3c4ccccc4c4cc(-n5c6ccccc6c6ccccc65)ccc43)c2)c1. The van der Waals surface area contributed by atoms with E-state index < -0.39 is 0 Å². The maximum absolute atomic E-state index is 7.94. The molecule has 0 fully saturated rings. The van der Waals surface area contributed by atoms with Crippen LogP contribution in [0.4, 0.5) is 11.4 Å². The number of rotatable bonds is 4. The highest BCUT2D eigenvalue weighted by Gasteiger charge is 2.19. The van der Waals surface area contributed by atoms with Gasteiger partial charge in [-0.3, -0.25) is 0 Å². The molecular weight excluding hydrogens is 671 g/mol. The Morgan fingerprint density at radius 3 is 1.44 bits per heavy atom. The highest BCUT2D eigenvalue weighted by atomic mass is 15.0. The van der Waals surface area contributed by atoms with Crippen LogP contribution in [-0.2, 0) is 0 Å². The summed E-state index contributed by atoms with van der Waals surface area (Å²) in [6.07, 6.45) is 0. The van der Waals surface area contributed by atoms with Gasteiger partial charge in [-0.05, 0) is 83.9 Å². The maximum Gasteiger partial charge on any atom is 0.189 e. The number of aromatic nitrogens is 3. The molecule has 55 heavy (non-hydrogen) atoms. The molecule has 0 N–H and O–H groups in total. The van der Waals surface area contributed by atoms with E-state index in [0.29, 0.717) is 11.4 Å². The van der Waals surface area contributed by atoms with Crippen molar-refractivity contribution in [2.24, 2.45) is 0 Å². The summed E-state index contributed by atoms with van der Waals surface area (Å²) in [7, 11) is 0. The molecule has 0 aliphatic carbocycles. The predicted octanol–water partition coefficient (Wildman–Crippen LogP) is 13.7. The van der Waals surface area contributed by atoms with Crippen molar-refractivity contribution in [3.63, 3.8) is 0 Å². The van der Waals surface area contributed by atoms with E-state index in [1.54, 1.807) is 0 Å². The van der Waals surface area contributed by atoms with Crippen LogP contribution in [0.1, 0.15) is 0 Å². The number of fused-ring (bicyclic) bond motifs is 9. The molecule has 0 bridgehead atoms. The van der Waals surface area contributed by atoms with Gasteiger partial charge in [0.1, 0.15) is 0 Å². The van der Waals surface area contributed by atoms with E-state index in [2.05, 4.69) is 163 Å². The minimum absolute atomic E-state index is 0.571. The molecule has 0 spiro atoms. The zero-order chi connectivity index (χ0) is 36.6. The molecular formula is C50H29N5. The molecule has 0 atom stereocenters. The number of hydrogen-bond donors (Lipinski definition) is 0. The van der Waals surface area contributed by atoms with Crippen molar-refractivity contribution in [1.82, 2.24) is 13.7 Å². The lowest BCUT2D eigenvalue weighted by atomic mass is 10.0. The van der Waals surface area contributed by atoms with Crippen molar-refractivity contribution in [3.8, 4) is 28.2 Å². The summed E-state index contributed by atoms with van der Waals surface area (Å²) < 4.78 is 6.97. The van der Waals surface area contributed by atoms with Gasteiger partial charge in [0.05, 0.1) is 46.4 Å². The average molecular weight is 700 g/mol. The fraction of sp³-hybridized carbons (Fsp3) is 0. The Bertz CT molecular complexity index is 3420. The molecule has 0 saturated heterocycles. The first-order valence-electron chi connectivity index (χ1n) is 18.3. The lowest BCUT2D eigenvalue weighted by Gasteiger charge is -2.16. The molecule has 254 valence electrons. The molecule has 3 heterocycles. The summed E-state index contributed by atoms with van der Waals surface area (Å²) in [5.41, 5.74) is 12.8. The minimum Gasteiger partial charge on any atom is -0.310 e.